The number of piperazine rings is 1. The van der Waals surface area contributed by atoms with Crippen LogP contribution >= 0.6 is 0 Å². The van der Waals surface area contributed by atoms with Gasteiger partial charge >= 0.3 is 6.18 Å². The van der Waals surface area contributed by atoms with E-state index in [2.05, 4.69) is 9.80 Å². The molecule has 0 aliphatic carbocycles. The van der Waals surface area contributed by atoms with Gasteiger partial charge in [-0.3, -0.25) is 14.6 Å². The minimum absolute atomic E-state index is 0.292. The van der Waals surface area contributed by atoms with Crippen molar-refractivity contribution >= 4 is 11.6 Å². The summed E-state index contributed by atoms with van der Waals surface area (Å²) in [4.78, 5) is 17.6. The molecular weight excluding hydrogens is 345 g/mol. The molecule has 0 bridgehead atoms. The zero-order valence-corrected chi connectivity index (χ0v) is 14.7. The molecule has 0 unspecified atom stereocenters. The Morgan fingerprint density at radius 3 is 2.54 bits per heavy atom. The van der Waals surface area contributed by atoms with E-state index in [0.717, 1.165) is 45.1 Å². The van der Waals surface area contributed by atoms with Gasteiger partial charge in [0.25, 0.3) is 0 Å². The number of halogens is 3. The number of carbonyl (C=O) groups excluding carboxylic acids is 1. The van der Waals surface area contributed by atoms with E-state index in [4.69, 9.17) is 5.73 Å². The number of anilines is 1. The number of nitrogens with zero attached hydrogens (tertiary/aromatic N) is 3. The summed E-state index contributed by atoms with van der Waals surface area (Å²) in [5.41, 5.74) is 5.31. The highest BCUT2D eigenvalue weighted by atomic mass is 19.4. The van der Waals surface area contributed by atoms with Crippen molar-refractivity contribution in [3.63, 3.8) is 0 Å². The second-order valence-corrected chi connectivity index (χ2v) is 7.07. The highest BCUT2D eigenvalue weighted by molar-refractivity contribution is 5.75. The van der Waals surface area contributed by atoms with Gasteiger partial charge in [-0.15, -0.1) is 0 Å². The fourth-order valence-corrected chi connectivity index (χ4v) is 3.92. The summed E-state index contributed by atoms with van der Waals surface area (Å²) in [6, 6.07) is 5.92. The summed E-state index contributed by atoms with van der Waals surface area (Å²) in [6.07, 6.45) is -2.20. The van der Waals surface area contributed by atoms with Crippen LogP contribution in [0.1, 0.15) is 18.4 Å². The first kappa shape index (κ1) is 19.0. The minimum atomic E-state index is -4.32. The zero-order chi connectivity index (χ0) is 18.7. The van der Waals surface area contributed by atoms with Crippen LogP contribution in [0.2, 0.25) is 0 Å². The lowest BCUT2D eigenvalue weighted by molar-refractivity contribution is -0.137. The van der Waals surface area contributed by atoms with Crippen molar-refractivity contribution in [2.45, 2.75) is 25.1 Å². The summed E-state index contributed by atoms with van der Waals surface area (Å²) in [5, 5.41) is 0. The molecule has 3 rings (SSSR count). The molecule has 0 saturated carbocycles. The number of benzene rings is 1. The summed E-state index contributed by atoms with van der Waals surface area (Å²) >= 11 is 0. The van der Waals surface area contributed by atoms with Gasteiger partial charge in [-0.1, -0.05) is 6.07 Å². The average molecular weight is 370 g/mol. The number of nitrogens with two attached hydrogens (primary N) is 1. The molecule has 2 aliphatic heterocycles. The summed E-state index contributed by atoms with van der Waals surface area (Å²) in [5.74, 6) is -0.306. The Morgan fingerprint density at radius 1 is 1.15 bits per heavy atom. The molecule has 1 amide bonds. The van der Waals surface area contributed by atoms with Crippen molar-refractivity contribution in [1.29, 1.82) is 0 Å². The van der Waals surface area contributed by atoms with Crippen molar-refractivity contribution in [1.82, 2.24) is 9.80 Å². The maximum Gasteiger partial charge on any atom is 0.416 e. The Bertz CT molecular complexity index is 629. The first-order chi connectivity index (χ1) is 12.3. The van der Waals surface area contributed by atoms with Gasteiger partial charge < -0.3 is 10.6 Å². The monoisotopic (exact) mass is 370 g/mol. The van der Waals surface area contributed by atoms with Crippen LogP contribution in [0.15, 0.2) is 24.3 Å². The molecule has 1 aromatic carbocycles. The van der Waals surface area contributed by atoms with E-state index in [0.29, 0.717) is 31.4 Å². The highest BCUT2D eigenvalue weighted by Crippen LogP contribution is 2.32. The van der Waals surface area contributed by atoms with Crippen LogP contribution in [0.4, 0.5) is 18.9 Å². The zero-order valence-electron chi connectivity index (χ0n) is 14.7. The van der Waals surface area contributed by atoms with E-state index < -0.39 is 11.7 Å². The van der Waals surface area contributed by atoms with Crippen LogP contribution in [0.5, 0.6) is 0 Å². The number of piperidine rings is 1. The van der Waals surface area contributed by atoms with E-state index >= 15 is 0 Å². The SMILES string of the molecule is NC(=O)CN1CCC[C@H](N2CCN(c3cccc(C(F)(F)F)c3)CC2)C1. The first-order valence-electron chi connectivity index (χ1n) is 9.00. The number of rotatable bonds is 4. The number of hydrogen-bond acceptors (Lipinski definition) is 4. The van der Waals surface area contributed by atoms with E-state index in [1.165, 1.54) is 12.1 Å². The third kappa shape index (κ3) is 4.67. The van der Waals surface area contributed by atoms with Crippen molar-refractivity contribution in [2.75, 3.05) is 50.7 Å². The molecule has 0 spiro atoms. The Kier molecular flexibility index (Phi) is 5.72. The van der Waals surface area contributed by atoms with Crippen molar-refractivity contribution < 1.29 is 18.0 Å². The molecule has 26 heavy (non-hydrogen) atoms. The number of carbonyl (C=O) groups is 1. The molecule has 1 aromatic rings. The lowest BCUT2D eigenvalue weighted by Gasteiger charge is -2.43. The molecule has 0 aromatic heterocycles. The number of likely N-dealkylation sites (tertiary alicyclic amines) is 1. The maximum absolute atomic E-state index is 12.9. The van der Waals surface area contributed by atoms with Crippen LogP contribution in [-0.2, 0) is 11.0 Å². The Labute approximate surface area is 151 Å². The number of hydrogen-bond donors (Lipinski definition) is 1. The van der Waals surface area contributed by atoms with E-state index in [9.17, 15) is 18.0 Å². The quantitative estimate of drug-likeness (QED) is 0.878. The summed E-state index contributed by atoms with van der Waals surface area (Å²) in [6.45, 7) is 5.04. The summed E-state index contributed by atoms with van der Waals surface area (Å²) in [7, 11) is 0. The van der Waals surface area contributed by atoms with Crippen LogP contribution in [0, 0.1) is 0 Å². The second kappa shape index (κ2) is 7.84. The molecular formula is C18H25F3N4O. The summed E-state index contributed by atoms with van der Waals surface area (Å²) < 4.78 is 38.7. The van der Waals surface area contributed by atoms with Crippen molar-refractivity contribution in [3.8, 4) is 0 Å². The predicted molar refractivity (Wildman–Crippen MR) is 93.9 cm³/mol. The van der Waals surface area contributed by atoms with Crippen LogP contribution in [0.3, 0.4) is 0 Å². The van der Waals surface area contributed by atoms with Gasteiger partial charge in [0.2, 0.25) is 5.91 Å². The Balaban J connectivity index is 1.57. The third-order valence-electron chi connectivity index (χ3n) is 5.23. The van der Waals surface area contributed by atoms with Gasteiger partial charge in [-0.2, -0.15) is 13.2 Å². The van der Waals surface area contributed by atoms with Gasteiger partial charge in [0.15, 0.2) is 0 Å². The second-order valence-electron chi connectivity index (χ2n) is 7.07. The maximum atomic E-state index is 12.9. The van der Waals surface area contributed by atoms with Crippen LogP contribution < -0.4 is 10.6 Å². The Morgan fingerprint density at radius 2 is 1.88 bits per heavy atom. The molecule has 2 aliphatic rings. The molecule has 8 heteroatoms. The molecule has 2 N–H and O–H groups in total. The lowest BCUT2D eigenvalue weighted by Crippen LogP contribution is -2.55. The largest absolute Gasteiger partial charge is 0.416 e. The van der Waals surface area contributed by atoms with E-state index in [1.807, 2.05) is 4.90 Å². The number of primary amides is 1. The topological polar surface area (TPSA) is 52.8 Å². The van der Waals surface area contributed by atoms with Gasteiger partial charge in [0.05, 0.1) is 12.1 Å². The predicted octanol–water partition coefficient (Wildman–Crippen LogP) is 1.78. The lowest BCUT2D eigenvalue weighted by atomic mass is 10.0. The molecule has 5 nitrogen and oxygen atoms in total. The normalized spacial score (nSPS) is 23.2. The Hall–Kier alpha value is -1.80. The molecule has 0 radical (unpaired) electrons. The van der Waals surface area contributed by atoms with E-state index in [1.54, 1.807) is 6.07 Å². The fraction of sp³-hybridized carbons (Fsp3) is 0.611. The molecule has 144 valence electrons. The smallest absolute Gasteiger partial charge is 0.369 e. The average Bonchev–Trinajstić information content (AvgIpc) is 2.61. The standard InChI is InChI=1S/C18H25F3N4O/c19-18(20,21)14-3-1-4-15(11-14)24-7-9-25(10-8-24)16-5-2-6-23(12-16)13-17(22)26/h1,3-4,11,16H,2,5-10,12-13H2,(H2,22,26)/t16-/m0/s1. The van der Waals surface area contributed by atoms with Gasteiger partial charge in [0.1, 0.15) is 0 Å². The van der Waals surface area contributed by atoms with Gasteiger partial charge in [-0.05, 0) is 37.6 Å². The molecule has 2 fully saturated rings. The van der Waals surface area contributed by atoms with Crippen LogP contribution in [-0.4, -0.2) is 67.6 Å². The molecule has 2 saturated heterocycles. The first-order valence-corrected chi connectivity index (χ1v) is 9.00. The van der Waals surface area contributed by atoms with Crippen LogP contribution in [0.25, 0.3) is 0 Å². The highest BCUT2D eigenvalue weighted by Gasteiger charge is 2.32. The van der Waals surface area contributed by atoms with Gasteiger partial charge in [-0.25, -0.2) is 0 Å². The number of amides is 1. The van der Waals surface area contributed by atoms with Crippen molar-refractivity contribution in [2.24, 2.45) is 5.73 Å². The minimum Gasteiger partial charge on any atom is -0.369 e. The number of alkyl halides is 3. The van der Waals surface area contributed by atoms with E-state index in [-0.39, 0.29) is 5.91 Å². The van der Waals surface area contributed by atoms with Crippen molar-refractivity contribution in [3.05, 3.63) is 29.8 Å². The molecule has 2 heterocycles. The fourth-order valence-electron chi connectivity index (χ4n) is 3.92. The van der Waals surface area contributed by atoms with Gasteiger partial charge in [0, 0.05) is 44.5 Å². The molecule has 1 atom stereocenters. The third-order valence-corrected chi connectivity index (χ3v) is 5.23.